The number of aryl methyl sites for hydroxylation is 1. The van der Waals surface area contributed by atoms with Gasteiger partial charge in [0, 0.05) is 35.2 Å². The van der Waals surface area contributed by atoms with E-state index in [9.17, 15) is 4.79 Å². The lowest BCUT2D eigenvalue weighted by Crippen LogP contribution is -2.36. The molecule has 1 unspecified atom stereocenters. The second-order valence-corrected chi connectivity index (χ2v) is 9.67. The lowest BCUT2D eigenvalue weighted by atomic mass is 9.90. The highest BCUT2D eigenvalue weighted by Gasteiger charge is 2.26. The van der Waals surface area contributed by atoms with Gasteiger partial charge < -0.3 is 14.6 Å². The number of nitrogens with zero attached hydrogens (tertiary/aromatic N) is 1. The molecule has 1 aliphatic rings. The number of fused-ring (bicyclic) bond motifs is 3. The first-order valence-corrected chi connectivity index (χ1v) is 11.4. The van der Waals surface area contributed by atoms with E-state index >= 15 is 0 Å². The summed E-state index contributed by atoms with van der Waals surface area (Å²) in [4.78, 5) is 12.3. The van der Waals surface area contributed by atoms with E-state index in [2.05, 4.69) is 71.4 Å². The van der Waals surface area contributed by atoms with Crippen molar-refractivity contribution in [3.63, 3.8) is 0 Å². The zero-order chi connectivity index (χ0) is 22.0. The number of carbonyl (C=O) groups excluding carboxylic acids is 1. The summed E-state index contributed by atoms with van der Waals surface area (Å²) >= 11 is 0. The van der Waals surface area contributed by atoms with Crippen molar-refractivity contribution >= 4 is 16.9 Å². The zero-order valence-corrected chi connectivity index (χ0v) is 19.2. The second kappa shape index (κ2) is 8.88. The molecule has 0 amide bonds. The Hall–Kier alpha value is -2.59. The van der Waals surface area contributed by atoms with Crippen molar-refractivity contribution < 1.29 is 9.53 Å². The van der Waals surface area contributed by atoms with E-state index in [1.54, 1.807) is 0 Å². The number of hydrogen-bond donors (Lipinski definition) is 1. The molecule has 2 atom stereocenters. The van der Waals surface area contributed by atoms with Crippen LogP contribution in [0.15, 0.2) is 54.6 Å². The number of ether oxygens (including phenoxy) is 1. The Morgan fingerprint density at radius 1 is 1.13 bits per heavy atom. The van der Waals surface area contributed by atoms with E-state index < -0.39 is 5.60 Å². The molecule has 0 aliphatic heterocycles. The number of rotatable bonds is 6. The van der Waals surface area contributed by atoms with Gasteiger partial charge in [0.05, 0.1) is 6.42 Å². The van der Waals surface area contributed by atoms with Crippen molar-refractivity contribution in [3.05, 3.63) is 71.4 Å². The number of benzene rings is 2. The molecular weight excluding hydrogens is 384 g/mol. The molecule has 0 radical (unpaired) electrons. The molecule has 4 heteroatoms. The van der Waals surface area contributed by atoms with Gasteiger partial charge in [-0.2, -0.15) is 0 Å². The largest absolute Gasteiger partial charge is 0.460 e. The third kappa shape index (κ3) is 5.01. The first-order valence-electron chi connectivity index (χ1n) is 11.4. The summed E-state index contributed by atoms with van der Waals surface area (Å²) in [6.07, 6.45) is 3.55. The van der Waals surface area contributed by atoms with Crippen molar-refractivity contribution in [3.8, 4) is 0 Å². The van der Waals surface area contributed by atoms with Gasteiger partial charge >= 0.3 is 5.97 Å². The maximum atomic E-state index is 12.3. The Kier molecular flexibility index (Phi) is 6.19. The number of hydrogen-bond acceptors (Lipinski definition) is 3. The summed E-state index contributed by atoms with van der Waals surface area (Å²) < 4.78 is 7.89. The molecule has 0 spiro atoms. The number of carbonyl (C=O) groups is 1. The summed E-state index contributed by atoms with van der Waals surface area (Å²) in [6, 6.07) is 20.0. The van der Waals surface area contributed by atoms with E-state index in [1.807, 2.05) is 20.8 Å². The molecule has 1 heterocycles. The maximum absolute atomic E-state index is 12.3. The smallest absolute Gasteiger partial charge is 0.308 e. The predicted octanol–water partition coefficient (Wildman–Crippen LogP) is 5.58. The Balaban J connectivity index is 1.53. The molecular formula is C27H34N2O2. The molecule has 0 saturated carbocycles. The maximum Gasteiger partial charge on any atom is 0.308 e. The quantitative estimate of drug-likeness (QED) is 0.531. The van der Waals surface area contributed by atoms with Crippen LogP contribution in [-0.2, 0) is 28.9 Å². The highest BCUT2D eigenvalue weighted by Crippen LogP contribution is 2.33. The van der Waals surface area contributed by atoms with Crippen LogP contribution in [0.2, 0.25) is 0 Å². The Labute approximate surface area is 185 Å². The van der Waals surface area contributed by atoms with Gasteiger partial charge in [0.15, 0.2) is 0 Å². The van der Waals surface area contributed by atoms with Crippen molar-refractivity contribution in [1.29, 1.82) is 0 Å². The molecule has 0 bridgehead atoms. The molecule has 4 rings (SSSR count). The standard InChI is InChI=1S/C27H34N2O2/c1-19(20-10-6-5-7-11-20)28-21-14-15-25-23(18-21)22-12-8-9-13-24(22)29(25)17-16-26(30)31-27(2,3)4/h5-13,19,21,28H,14-18H2,1-4H3/t19?,21-/m1/s1. The lowest BCUT2D eigenvalue weighted by molar-refractivity contribution is -0.155. The van der Waals surface area contributed by atoms with Crippen molar-refractivity contribution in [2.24, 2.45) is 0 Å². The van der Waals surface area contributed by atoms with E-state index in [1.165, 1.54) is 27.7 Å². The number of nitrogens with one attached hydrogen (secondary N) is 1. The van der Waals surface area contributed by atoms with E-state index in [0.717, 1.165) is 19.3 Å². The minimum atomic E-state index is -0.441. The van der Waals surface area contributed by atoms with Crippen LogP contribution in [0.4, 0.5) is 0 Å². The average molecular weight is 419 g/mol. The lowest BCUT2D eigenvalue weighted by Gasteiger charge is -2.28. The summed E-state index contributed by atoms with van der Waals surface area (Å²) in [6.45, 7) is 8.67. The summed E-state index contributed by atoms with van der Waals surface area (Å²) in [5.74, 6) is -0.133. The van der Waals surface area contributed by atoms with Gasteiger partial charge in [-0.1, -0.05) is 48.5 Å². The van der Waals surface area contributed by atoms with Gasteiger partial charge in [-0.05, 0) is 64.2 Å². The van der Waals surface area contributed by atoms with Gasteiger partial charge in [0.1, 0.15) is 5.60 Å². The average Bonchev–Trinajstić information content (AvgIpc) is 3.05. The Morgan fingerprint density at radius 2 is 1.84 bits per heavy atom. The third-order valence-electron chi connectivity index (χ3n) is 6.12. The predicted molar refractivity (Wildman–Crippen MR) is 126 cm³/mol. The van der Waals surface area contributed by atoms with Gasteiger partial charge in [0.25, 0.3) is 0 Å². The molecule has 164 valence electrons. The van der Waals surface area contributed by atoms with Gasteiger partial charge in [-0.25, -0.2) is 0 Å². The van der Waals surface area contributed by atoms with Crippen LogP contribution < -0.4 is 5.32 Å². The summed E-state index contributed by atoms with van der Waals surface area (Å²) in [5.41, 5.74) is 4.93. The molecule has 0 fully saturated rings. The fourth-order valence-corrected chi connectivity index (χ4v) is 4.79. The van der Waals surface area contributed by atoms with Crippen LogP contribution in [0.5, 0.6) is 0 Å². The van der Waals surface area contributed by atoms with Gasteiger partial charge in [-0.3, -0.25) is 4.79 Å². The summed E-state index contributed by atoms with van der Waals surface area (Å²) in [5, 5.41) is 5.16. The molecule has 31 heavy (non-hydrogen) atoms. The normalized spacial score (nSPS) is 17.4. The highest BCUT2D eigenvalue weighted by atomic mass is 16.6. The molecule has 1 aromatic heterocycles. The minimum Gasteiger partial charge on any atom is -0.460 e. The van der Waals surface area contributed by atoms with Crippen LogP contribution in [0.25, 0.3) is 10.9 Å². The topological polar surface area (TPSA) is 43.3 Å². The fourth-order valence-electron chi connectivity index (χ4n) is 4.79. The number of para-hydroxylation sites is 1. The Bertz CT molecular complexity index is 1050. The van der Waals surface area contributed by atoms with Crippen LogP contribution in [0, 0.1) is 0 Å². The number of esters is 1. The van der Waals surface area contributed by atoms with E-state index in [0.29, 0.717) is 25.0 Å². The summed E-state index contributed by atoms with van der Waals surface area (Å²) in [7, 11) is 0. The van der Waals surface area contributed by atoms with Crippen molar-refractivity contribution in [2.45, 2.75) is 77.6 Å². The van der Waals surface area contributed by atoms with Crippen LogP contribution in [-0.4, -0.2) is 22.2 Å². The first kappa shape index (κ1) is 21.6. The van der Waals surface area contributed by atoms with Crippen molar-refractivity contribution in [1.82, 2.24) is 9.88 Å². The molecule has 1 N–H and O–H groups in total. The molecule has 2 aromatic carbocycles. The molecule has 3 aromatic rings. The highest BCUT2D eigenvalue weighted by molar-refractivity contribution is 5.86. The zero-order valence-electron chi connectivity index (χ0n) is 19.2. The monoisotopic (exact) mass is 418 g/mol. The van der Waals surface area contributed by atoms with Crippen LogP contribution in [0.3, 0.4) is 0 Å². The molecule has 0 saturated heterocycles. The van der Waals surface area contributed by atoms with Gasteiger partial charge in [-0.15, -0.1) is 0 Å². The van der Waals surface area contributed by atoms with Crippen molar-refractivity contribution in [2.75, 3.05) is 0 Å². The van der Waals surface area contributed by atoms with E-state index in [4.69, 9.17) is 4.74 Å². The van der Waals surface area contributed by atoms with Crippen LogP contribution in [0.1, 0.15) is 63.4 Å². The van der Waals surface area contributed by atoms with Gasteiger partial charge in [0.2, 0.25) is 0 Å². The SMILES string of the molecule is CC(N[C@@H]1CCc2c(c3ccccc3n2CCC(=O)OC(C)(C)C)C1)c1ccccc1. The number of aromatic nitrogens is 1. The first-order chi connectivity index (χ1) is 14.8. The van der Waals surface area contributed by atoms with Crippen LogP contribution >= 0.6 is 0 Å². The second-order valence-electron chi connectivity index (χ2n) is 9.67. The van der Waals surface area contributed by atoms with E-state index in [-0.39, 0.29) is 5.97 Å². The molecule has 1 aliphatic carbocycles. The minimum absolute atomic E-state index is 0.133. The fraction of sp³-hybridized carbons (Fsp3) is 0.444. The Morgan fingerprint density at radius 3 is 2.58 bits per heavy atom. The third-order valence-corrected chi connectivity index (χ3v) is 6.12. The molecule has 4 nitrogen and oxygen atoms in total.